The van der Waals surface area contributed by atoms with E-state index in [-0.39, 0.29) is 11.6 Å². The molecule has 2 aliphatic rings. The number of halogens is 2. The van der Waals surface area contributed by atoms with Gasteiger partial charge in [-0.05, 0) is 10.8 Å². The summed E-state index contributed by atoms with van der Waals surface area (Å²) >= 11 is 15.3. The highest BCUT2D eigenvalue weighted by molar-refractivity contribution is 8.06. The van der Waals surface area contributed by atoms with Crippen LogP contribution in [-0.2, 0) is 0 Å². The van der Waals surface area contributed by atoms with Crippen LogP contribution in [0.3, 0.4) is 0 Å². The molecule has 0 bridgehead atoms. The van der Waals surface area contributed by atoms with Crippen LogP contribution in [0.2, 0.25) is 0 Å². The van der Waals surface area contributed by atoms with Crippen LogP contribution in [0.5, 0.6) is 0 Å². The molecule has 0 amide bonds. The molecule has 0 spiro atoms. The highest BCUT2D eigenvalue weighted by Crippen LogP contribution is 2.44. The van der Waals surface area contributed by atoms with Crippen molar-refractivity contribution < 1.29 is 9.59 Å². The van der Waals surface area contributed by atoms with Crippen molar-refractivity contribution in [2.75, 3.05) is 0 Å². The van der Waals surface area contributed by atoms with Gasteiger partial charge in [-0.25, -0.2) is 0 Å². The number of carbonyl (C=O) groups excluding carboxylic acids is 2. The quantitative estimate of drug-likeness (QED) is 0.537. The molecule has 0 saturated carbocycles. The van der Waals surface area contributed by atoms with E-state index in [0.717, 1.165) is 0 Å². The number of allylic oxidation sites excluding steroid dienone is 2. The monoisotopic (exact) mass is 370 g/mol. The number of benzene rings is 1. The Labute approximate surface area is 147 Å². The lowest BCUT2D eigenvalue weighted by Crippen LogP contribution is -2.27. The summed E-state index contributed by atoms with van der Waals surface area (Å²) in [5.74, 6) is -0.277. The van der Waals surface area contributed by atoms with Crippen LogP contribution >= 0.6 is 46.7 Å². The zero-order valence-electron chi connectivity index (χ0n) is 11.4. The molecule has 1 aromatic rings. The van der Waals surface area contributed by atoms with Crippen molar-refractivity contribution in [1.29, 1.82) is 0 Å². The normalized spacial score (nSPS) is 29.9. The molecule has 3 rings (SSSR count). The highest BCUT2D eigenvalue weighted by Gasteiger charge is 2.40. The van der Waals surface area contributed by atoms with Crippen molar-refractivity contribution in [1.82, 2.24) is 0 Å². The third-order valence-corrected chi connectivity index (χ3v) is 6.85. The third-order valence-electron chi connectivity index (χ3n) is 3.55. The Morgan fingerprint density at radius 2 is 1.18 bits per heavy atom. The number of thioether (sulfide) groups is 2. The fourth-order valence-corrected chi connectivity index (χ4v) is 4.66. The lowest BCUT2D eigenvalue weighted by molar-refractivity contribution is 0.0966. The number of alkyl halides is 2. The fourth-order valence-electron chi connectivity index (χ4n) is 2.30. The van der Waals surface area contributed by atoms with Crippen molar-refractivity contribution in [2.24, 2.45) is 0 Å². The van der Waals surface area contributed by atoms with Crippen LogP contribution in [0.1, 0.15) is 33.6 Å². The van der Waals surface area contributed by atoms with Crippen LogP contribution in [0.25, 0.3) is 0 Å². The number of carbonyl (C=O) groups is 2. The second-order valence-electron chi connectivity index (χ2n) is 5.08. The molecule has 2 aliphatic heterocycles. The number of hydrogen-bond donors (Lipinski definition) is 0. The van der Waals surface area contributed by atoms with E-state index in [9.17, 15) is 9.59 Å². The first-order chi connectivity index (χ1) is 10.4. The van der Waals surface area contributed by atoms with Gasteiger partial charge < -0.3 is 0 Å². The van der Waals surface area contributed by atoms with Crippen molar-refractivity contribution in [3.05, 3.63) is 58.4 Å². The van der Waals surface area contributed by atoms with E-state index in [2.05, 4.69) is 0 Å². The molecule has 0 radical (unpaired) electrons. The summed E-state index contributed by atoms with van der Waals surface area (Å²) in [6.07, 6.45) is 4.78. The smallest absolute Gasteiger partial charge is 0.194 e. The molecule has 2 atom stereocenters. The summed E-state index contributed by atoms with van der Waals surface area (Å²) in [4.78, 5) is 24.9. The third kappa shape index (κ3) is 2.90. The minimum Gasteiger partial charge on any atom is -0.291 e. The van der Waals surface area contributed by atoms with Gasteiger partial charge in [0.15, 0.2) is 20.0 Å². The SMILES string of the molecule is O=C(c1ccc(C(=O)C2(Cl)CC=CS2)cc1)C1(Cl)CC=CS1. The zero-order valence-corrected chi connectivity index (χ0v) is 14.6. The predicted molar refractivity (Wildman–Crippen MR) is 95.0 cm³/mol. The Kier molecular flexibility index (Phi) is 4.47. The standard InChI is InChI=1S/C16H12Cl2O2S2/c17-15(7-1-9-21-15)13(19)11-3-5-12(6-4-11)14(20)16(18)8-2-10-22-16/h1-6,9-10H,7-8H2. The topological polar surface area (TPSA) is 34.1 Å². The van der Waals surface area contributed by atoms with Crippen LogP contribution in [0, 0.1) is 0 Å². The lowest BCUT2D eigenvalue weighted by Gasteiger charge is -2.20. The minimum atomic E-state index is -0.954. The summed E-state index contributed by atoms with van der Waals surface area (Å²) in [5, 5.41) is 3.68. The molecular weight excluding hydrogens is 359 g/mol. The maximum Gasteiger partial charge on any atom is 0.194 e. The van der Waals surface area contributed by atoms with Crippen LogP contribution in [-0.4, -0.2) is 20.0 Å². The van der Waals surface area contributed by atoms with Gasteiger partial charge >= 0.3 is 0 Å². The largest absolute Gasteiger partial charge is 0.291 e. The Balaban J connectivity index is 1.78. The van der Waals surface area contributed by atoms with Gasteiger partial charge in [0.1, 0.15) is 0 Å². The first-order valence-electron chi connectivity index (χ1n) is 6.68. The van der Waals surface area contributed by atoms with Gasteiger partial charge in [0, 0.05) is 24.0 Å². The van der Waals surface area contributed by atoms with Crippen LogP contribution in [0.4, 0.5) is 0 Å². The summed E-state index contributed by atoms with van der Waals surface area (Å²) in [6, 6.07) is 6.58. The van der Waals surface area contributed by atoms with Crippen molar-refractivity contribution in [3.63, 3.8) is 0 Å². The van der Waals surface area contributed by atoms with Gasteiger partial charge in [-0.3, -0.25) is 9.59 Å². The summed E-state index contributed by atoms with van der Waals surface area (Å²) in [6.45, 7) is 0. The first kappa shape index (κ1) is 16.2. The molecule has 6 heteroatoms. The van der Waals surface area contributed by atoms with E-state index in [1.54, 1.807) is 24.3 Å². The number of ketones is 2. The molecule has 22 heavy (non-hydrogen) atoms. The lowest BCUT2D eigenvalue weighted by atomic mass is 10.0. The van der Waals surface area contributed by atoms with Crippen LogP contribution in [0.15, 0.2) is 47.2 Å². The molecular formula is C16H12Cl2O2S2. The molecule has 0 aromatic heterocycles. The van der Waals surface area contributed by atoms with Crippen LogP contribution < -0.4 is 0 Å². The van der Waals surface area contributed by atoms with Gasteiger partial charge in [-0.15, -0.1) is 23.5 Å². The molecule has 0 saturated heterocycles. The fraction of sp³-hybridized carbons (Fsp3) is 0.250. The molecule has 1 aromatic carbocycles. The first-order valence-corrected chi connectivity index (χ1v) is 9.19. The molecule has 2 nitrogen and oxygen atoms in total. The Morgan fingerprint density at radius 1 is 0.818 bits per heavy atom. The average molecular weight is 371 g/mol. The van der Waals surface area contributed by atoms with E-state index < -0.39 is 8.41 Å². The second-order valence-corrected chi connectivity index (χ2v) is 9.23. The van der Waals surface area contributed by atoms with Crippen molar-refractivity contribution in [2.45, 2.75) is 21.3 Å². The van der Waals surface area contributed by atoms with Gasteiger partial charge in [0.2, 0.25) is 0 Å². The molecule has 0 N–H and O–H groups in total. The summed E-state index contributed by atoms with van der Waals surface area (Å²) in [5.41, 5.74) is 1.01. The number of hydrogen-bond acceptors (Lipinski definition) is 4. The Morgan fingerprint density at radius 3 is 1.45 bits per heavy atom. The molecule has 0 aliphatic carbocycles. The summed E-state index contributed by atoms with van der Waals surface area (Å²) < 4.78 is -1.91. The maximum absolute atomic E-state index is 12.5. The second kappa shape index (κ2) is 6.08. The van der Waals surface area contributed by atoms with Gasteiger partial charge in [0.05, 0.1) is 0 Å². The van der Waals surface area contributed by atoms with E-state index in [1.807, 2.05) is 23.0 Å². The molecule has 114 valence electrons. The minimum absolute atomic E-state index is 0.138. The Hall–Kier alpha value is -0.680. The molecule has 0 fully saturated rings. The van der Waals surface area contributed by atoms with Crippen molar-refractivity contribution >= 4 is 58.3 Å². The Bertz CT molecular complexity index is 605. The highest BCUT2D eigenvalue weighted by atomic mass is 35.5. The van der Waals surface area contributed by atoms with Crippen molar-refractivity contribution in [3.8, 4) is 0 Å². The predicted octanol–water partition coefficient (Wildman–Crippen LogP) is 5.22. The van der Waals surface area contributed by atoms with Gasteiger partial charge in [-0.2, -0.15) is 0 Å². The maximum atomic E-state index is 12.5. The van der Waals surface area contributed by atoms with E-state index >= 15 is 0 Å². The molecule has 2 unspecified atom stereocenters. The average Bonchev–Trinajstić information content (AvgIpc) is 3.16. The van der Waals surface area contributed by atoms with E-state index in [1.165, 1.54) is 23.5 Å². The van der Waals surface area contributed by atoms with Gasteiger partial charge in [0.25, 0.3) is 0 Å². The van der Waals surface area contributed by atoms with Gasteiger partial charge in [-0.1, -0.05) is 59.6 Å². The zero-order chi connectivity index (χ0) is 15.8. The van der Waals surface area contributed by atoms with E-state index in [4.69, 9.17) is 23.2 Å². The van der Waals surface area contributed by atoms with E-state index in [0.29, 0.717) is 24.0 Å². The summed E-state index contributed by atoms with van der Waals surface area (Å²) in [7, 11) is 0. The molecule has 2 heterocycles. The number of rotatable bonds is 4. The number of Topliss-reactive ketones (excluding diaryl/α,β-unsaturated/α-hetero) is 2.